The molecule has 0 bridgehead atoms. The summed E-state index contributed by atoms with van der Waals surface area (Å²) in [5.41, 5.74) is -0.0233. The summed E-state index contributed by atoms with van der Waals surface area (Å²) in [6.45, 7) is 7.60. The average Bonchev–Trinajstić information content (AvgIpc) is 2.96. The van der Waals surface area contributed by atoms with Crippen molar-refractivity contribution in [1.82, 2.24) is 20.2 Å². The van der Waals surface area contributed by atoms with Crippen molar-refractivity contribution in [3.63, 3.8) is 0 Å². The van der Waals surface area contributed by atoms with Crippen molar-refractivity contribution in [1.29, 1.82) is 0 Å². The van der Waals surface area contributed by atoms with Crippen LogP contribution in [0.5, 0.6) is 0 Å². The fourth-order valence-electron chi connectivity index (χ4n) is 1.94. The molecule has 0 amide bonds. The van der Waals surface area contributed by atoms with Crippen LogP contribution in [-0.2, 0) is 16.0 Å². The molecule has 6 nitrogen and oxygen atoms in total. The topological polar surface area (TPSA) is 69.9 Å². The summed E-state index contributed by atoms with van der Waals surface area (Å²) in [6, 6.07) is 9.52. The molecule has 1 heterocycles. The molecular formula is C15H18N4O2. The van der Waals surface area contributed by atoms with E-state index in [1.807, 2.05) is 30.3 Å². The Morgan fingerprint density at radius 2 is 2.14 bits per heavy atom. The zero-order chi connectivity index (χ0) is 15.3. The van der Waals surface area contributed by atoms with Crippen molar-refractivity contribution in [2.24, 2.45) is 5.41 Å². The molecule has 0 radical (unpaired) electrons. The van der Waals surface area contributed by atoms with Gasteiger partial charge in [-0.1, -0.05) is 24.3 Å². The SMILES string of the molecule is C=CC(C)(Cc1nnnn1-c1ccccc1)C(=O)OCC. The minimum atomic E-state index is -0.864. The number of aromatic nitrogens is 4. The highest BCUT2D eigenvalue weighted by atomic mass is 16.5. The molecule has 0 saturated carbocycles. The number of para-hydroxylation sites is 1. The van der Waals surface area contributed by atoms with Crippen molar-refractivity contribution in [2.45, 2.75) is 20.3 Å². The summed E-state index contributed by atoms with van der Waals surface area (Å²) >= 11 is 0. The maximum atomic E-state index is 12.1. The monoisotopic (exact) mass is 286 g/mol. The van der Waals surface area contributed by atoms with E-state index in [2.05, 4.69) is 22.1 Å². The molecule has 0 spiro atoms. The van der Waals surface area contributed by atoms with Gasteiger partial charge >= 0.3 is 5.97 Å². The fraction of sp³-hybridized carbons (Fsp3) is 0.333. The number of ether oxygens (including phenoxy) is 1. The van der Waals surface area contributed by atoms with Gasteiger partial charge in [0.2, 0.25) is 0 Å². The number of hydrogen-bond acceptors (Lipinski definition) is 5. The number of benzene rings is 1. The van der Waals surface area contributed by atoms with Gasteiger partial charge in [-0.25, -0.2) is 0 Å². The number of esters is 1. The Kier molecular flexibility index (Phi) is 4.47. The minimum Gasteiger partial charge on any atom is -0.465 e. The van der Waals surface area contributed by atoms with E-state index in [1.165, 1.54) is 0 Å². The number of hydrogen-bond donors (Lipinski definition) is 0. The van der Waals surface area contributed by atoms with E-state index in [0.29, 0.717) is 18.9 Å². The zero-order valence-corrected chi connectivity index (χ0v) is 12.2. The first-order valence-electron chi connectivity index (χ1n) is 6.74. The van der Waals surface area contributed by atoms with Gasteiger partial charge in [-0.15, -0.1) is 11.7 Å². The molecule has 0 aliphatic carbocycles. The average molecular weight is 286 g/mol. The van der Waals surface area contributed by atoms with E-state index in [1.54, 1.807) is 24.6 Å². The third kappa shape index (κ3) is 3.16. The standard InChI is InChI=1S/C15H18N4O2/c1-4-15(3,14(20)21-5-2)11-13-16-17-18-19(13)12-9-7-6-8-10-12/h4,6-10H,1,5,11H2,2-3H3. The molecule has 2 rings (SSSR count). The minimum absolute atomic E-state index is 0.317. The summed E-state index contributed by atoms with van der Waals surface area (Å²) in [6.07, 6.45) is 1.90. The molecule has 110 valence electrons. The van der Waals surface area contributed by atoms with Crippen molar-refractivity contribution in [3.05, 3.63) is 48.8 Å². The van der Waals surface area contributed by atoms with Crippen LogP contribution in [0.15, 0.2) is 43.0 Å². The smallest absolute Gasteiger partial charge is 0.316 e. The number of tetrazole rings is 1. The number of carbonyl (C=O) groups excluding carboxylic acids is 1. The van der Waals surface area contributed by atoms with Crippen molar-refractivity contribution < 1.29 is 9.53 Å². The zero-order valence-electron chi connectivity index (χ0n) is 12.2. The van der Waals surface area contributed by atoms with Gasteiger partial charge in [0, 0.05) is 6.42 Å². The summed E-state index contributed by atoms with van der Waals surface area (Å²) in [5, 5.41) is 11.7. The quantitative estimate of drug-likeness (QED) is 0.599. The van der Waals surface area contributed by atoms with Crippen LogP contribution in [0.4, 0.5) is 0 Å². The lowest BCUT2D eigenvalue weighted by molar-refractivity contribution is -0.151. The van der Waals surface area contributed by atoms with Gasteiger partial charge in [-0.05, 0) is 36.4 Å². The molecule has 1 atom stereocenters. The summed E-state index contributed by atoms with van der Waals surface area (Å²) in [5.74, 6) is 0.249. The van der Waals surface area contributed by atoms with E-state index >= 15 is 0 Å². The lowest BCUT2D eigenvalue weighted by Gasteiger charge is -2.22. The van der Waals surface area contributed by atoms with Crippen LogP contribution in [0.25, 0.3) is 5.69 Å². The predicted molar refractivity (Wildman–Crippen MR) is 77.8 cm³/mol. The normalized spacial score (nSPS) is 13.4. The lowest BCUT2D eigenvalue weighted by Crippen LogP contribution is -2.31. The van der Waals surface area contributed by atoms with Gasteiger partial charge in [0.15, 0.2) is 5.82 Å². The molecule has 0 N–H and O–H groups in total. The maximum absolute atomic E-state index is 12.1. The molecule has 6 heteroatoms. The fourth-order valence-corrected chi connectivity index (χ4v) is 1.94. The van der Waals surface area contributed by atoms with Gasteiger partial charge in [0.25, 0.3) is 0 Å². The number of carbonyl (C=O) groups is 1. The van der Waals surface area contributed by atoms with Gasteiger partial charge in [0.05, 0.1) is 17.7 Å². The first kappa shape index (κ1) is 14.9. The Morgan fingerprint density at radius 3 is 2.76 bits per heavy atom. The Bertz CT molecular complexity index is 624. The third-order valence-electron chi connectivity index (χ3n) is 3.25. The van der Waals surface area contributed by atoms with Gasteiger partial charge in [-0.2, -0.15) is 4.68 Å². The van der Waals surface area contributed by atoms with Gasteiger partial charge < -0.3 is 4.74 Å². The van der Waals surface area contributed by atoms with E-state index in [9.17, 15) is 4.79 Å². The Labute approximate surface area is 123 Å². The van der Waals surface area contributed by atoms with E-state index < -0.39 is 5.41 Å². The maximum Gasteiger partial charge on any atom is 0.316 e. The molecule has 2 aromatic rings. The molecule has 0 aliphatic heterocycles. The highest BCUT2D eigenvalue weighted by Gasteiger charge is 2.34. The summed E-state index contributed by atoms with van der Waals surface area (Å²) < 4.78 is 6.72. The largest absolute Gasteiger partial charge is 0.465 e. The molecule has 1 aromatic carbocycles. The van der Waals surface area contributed by atoms with E-state index in [4.69, 9.17) is 4.74 Å². The highest BCUT2D eigenvalue weighted by molar-refractivity contribution is 5.78. The Hall–Kier alpha value is -2.50. The summed E-state index contributed by atoms with van der Waals surface area (Å²) in [4.78, 5) is 12.1. The van der Waals surface area contributed by atoms with E-state index in [-0.39, 0.29) is 5.97 Å². The molecule has 1 unspecified atom stereocenters. The molecule has 0 aliphatic rings. The van der Waals surface area contributed by atoms with Crippen LogP contribution in [0.1, 0.15) is 19.7 Å². The van der Waals surface area contributed by atoms with Crippen LogP contribution < -0.4 is 0 Å². The van der Waals surface area contributed by atoms with E-state index in [0.717, 1.165) is 5.69 Å². The first-order chi connectivity index (χ1) is 10.1. The molecule has 0 saturated heterocycles. The molecular weight excluding hydrogens is 268 g/mol. The number of rotatable bonds is 6. The molecule has 0 fully saturated rings. The van der Waals surface area contributed by atoms with Crippen LogP contribution in [0.3, 0.4) is 0 Å². The molecule has 21 heavy (non-hydrogen) atoms. The van der Waals surface area contributed by atoms with Gasteiger partial charge in [-0.3, -0.25) is 4.79 Å². The second kappa shape index (κ2) is 6.30. The highest BCUT2D eigenvalue weighted by Crippen LogP contribution is 2.25. The number of nitrogens with zero attached hydrogens (tertiary/aromatic N) is 4. The lowest BCUT2D eigenvalue weighted by atomic mass is 9.86. The van der Waals surface area contributed by atoms with Crippen LogP contribution in [-0.4, -0.2) is 32.8 Å². The first-order valence-corrected chi connectivity index (χ1v) is 6.74. The van der Waals surface area contributed by atoms with Gasteiger partial charge in [0.1, 0.15) is 0 Å². The van der Waals surface area contributed by atoms with Crippen molar-refractivity contribution in [3.8, 4) is 5.69 Å². The molecule has 1 aromatic heterocycles. The Morgan fingerprint density at radius 1 is 1.43 bits per heavy atom. The Balaban J connectivity index is 2.30. The second-order valence-electron chi connectivity index (χ2n) is 4.86. The van der Waals surface area contributed by atoms with Crippen LogP contribution in [0.2, 0.25) is 0 Å². The summed E-state index contributed by atoms with van der Waals surface area (Å²) in [7, 11) is 0. The van der Waals surface area contributed by atoms with Crippen LogP contribution in [0, 0.1) is 5.41 Å². The van der Waals surface area contributed by atoms with Crippen molar-refractivity contribution in [2.75, 3.05) is 6.61 Å². The van der Waals surface area contributed by atoms with Crippen LogP contribution >= 0.6 is 0 Å². The predicted octanol–water partition coefficient (Wildman–Crippen LogP) is 1.96. The second-order valence-corrected chi connectivity index (χ2v) is 4.86. The third-order valence-corrected chi connectivity index (χ3v) is 3.25. The van der Waals surface area contributed by atoms with Crippen molar-refractivity contribution >= 4 is 5.97 Å².